The second-order valence-electron chi connectivity index (χ2n) is 8.05. The first-order valence-electron chi connectivity index (χ1n) is 10.2. The van der Waals surface area contributed by atoms with E-state index in [1.807, 2.05) is 29.2 Å². The summed E-state index contributed by atoms with van der Waals surface area (Å²) in [4.78, 5) is 29.4. The number of allylic oxidation sites excluding steroid dienone is 2. The second-order valence-corrected chi connectivity index (χ2v) is 8.05. The van der Waals surface area contributed by atoms with Crippen molar-refractivity contribution >= 4 is 17.5 Å². The molecular weight excluding hydrogens is 338 g/mol. The van der Waals surface area contributed by atoms with Crippen LogP contribution < -0.4 is 5.32 Å². The van der Waals surface area contributed by atoms with Crippen LogP contribution in [-0.4, -0.2) is 54.3 Å². The first-order chi connectivity index (χ1) is 13.1. The van der Waals surface area contributed by atoms with Crippen molar-refractivity contribution in [2.24, 2.45) is 17.8 Å². The van der Waals surface area contributed by atoms with Crippen LogP contribution in [0.1, 0.15) is 25.3 Å². The Hall–Kier alpha value is -2.14. The summed E-state index contributed by atoms with van der Waals surface area (Å²) in [6.45, 7) is 5.48. The molecular formula is C22H29N3O2. The molecule has 3 atom stereocenters. The third kappa shape index (κ3) is 3.93. The number of fused-ring (bicyclic) bond motifs is 2. The van der Waals surface area contributed by atoms with E-state index in [0.29, 0.717) is 24.3 Å². The number of nitrogens with zero attached hydrogens (tertiary/aromatic N) is 2. The molecule has 2 bridgehead atoms. The number of nitrogens with one attached hydrogen (secondary N) is 1. The number of carbonyl (C=O) groups excluding carboxylic acids is 2. The van der Waals surface area contributed by atoms with Crippen LogP contribution in [0.2, 0.25) is 0 Å². The lowest BCUT2D eigenvalue weighted by Gasteiger charge is -2.36. The van der Waals surface area contributed by atoms with E-state index in [1.54, 1.807) is 0 Å². The number of aryl methyl sites for hydroxylation is 1. The molecule has 1 saturated carbocycles. The van der Waals surface area contributed by atoms with E-state index in [4.69, 9.17) is 0 Å². The Morgan fingerprint density at radius 1 is 1.07 bits per heavy atom. The van der Waals surface area contributed by atoms with Gasteiger partial charge in [-0.3, -0.25) is 14.5 Å². The monoisotopic (exact) mass is 367 g/mol. The van der Waals surface area contributed by atoms with Gasteiger partial charge in [0.1, 0.15) is 0 Å². The van der Waals surface area contributed by atoms with Crippen LogP contribution in [0.15, 0.2) is 36.4 Å². The van der Waals surface area contributed by atoms with Crippen molar-refractivity contribution in [2.75, 3.05) is 38.0 Å². The molecule has 0 radical (unpaired) electrons. The summed E-state index contributed by atoms with van der Waals surface area (Å²) < 4.78 is 0. The first kappa shape index (κ1) is 18.2. The van der Waals surface area contributed by atoms with Crippen molar-refractivity contribution in [1.82, 2.24) is 9.80 Å². The van der Waals surface area contributed by atoms with Crippen molar-refractivity contribution < 1.29 is 9.59 Å². The van der Waals surface area contributed by atoms with Crippen molar-refractivity contribution in [2.45, 2.75) is 26.2 Å². The molecule has 3 aliphatic rings. The van der Waals surface area contributed by atoms with Crippen molar-refractivity contribution in [3.8, 4) is 0 Å². The van der Waals surface area contributed by atoms with Gasteiger partial charge in [0.05, 0.1) is 6.54 Å². The van der Waals surface area contributed by atoms with Gasteiger partial charge in [-0.25, -0.2) is 0 Å². The third-order valence-electron chi connectivity index (χ3n) is 6.32. The van der Waals surface area contributed by atoms with E-state index in [1.165, 1.54) is 0 Å². The summed E-state index contributed by atoms with van der Waals surface area (Å²) in [5.74, 6) is 1.63. The lowest BCUT2D eigenvalue weighted by Crippen LogP contribution is -2.52. The number of amides is 2. The van der Waals surface area contributed by atoms with Crippen LogP contribution in [0.25, 0.3) is 0 Å². The number of hydrogen-bond donors (Lipinski definition) is 1. The molecule has 1 aliphatic heterocycles. The number of benzene rings is 1. The summed E-state index contributed by atoms with van der Waals surface area (Å²) in [5.41, 5.74) is 2.06. The highest BCUT2D eigenvalue weighted by molar-refractivity contribution is 5.93. The number of carbonyl (C=O) groups is 2. The highest BCUT2D eigenvalue weighted by atomic mass is 16.2. The summed E-state index contributed by atoms with van der Waals surface area (Å²) in [6, 6.07) is 7.95. The summed E-state index contributed by atoms with van der Waals surface area (Å²) in [7, 11) is 0. The van der Waals surface area contributed by atoms with E-state index in [-0.39, 0.29) is 11.8 Å². The molecule has 1 heterocycles. The fraction of sp³-hybridized carbons (Fsp3) is 0.545. The molecule has 5 heteroatoms. The first-order valence-corrected chi connectivity index (χ1v) is 10.2. The Labute approximate surface area is 161 Å². The van der Waals surface area contributed by atoms with Crippen molar-refractivity contribution in [3.05, 3.63) is 42.0 Å². The molecule has 144 valence electrons. The van der Waals surface area contributed by atoms with Crippen LogP contribution in [0.4, 0.5) is 5.69 Å². The fourth-order valence-corrected chi connectivity index (χ4v) is 4.77. The van der Waals surface area contributed by atoms with Crippen molar-refractivity contribution in [1.29, 1.82) is 0 Å². The predicted molar refractivity (Wildman–Crippen MR) is 106 cm³/mol. The molecule has 1 aromatic carbocycles. The van der Waals surface area contributed by atoms with Gasteiger partial charge in [-0.15, -0.1) is 0 Å². The van der Waals surface area contributed by atoms with E-state index in [0.717, 1.165) is 56.7 Å². The molecule has 1 aromatic rings. The normalized spacial score (nSPS) is 27.1. The number of para-hydroxylation sites is 1. The SMILES string of the molecule is CCc1ccccc1NC(=O)CN1CCN(C(=O)[C@H]2C[C@H]3C=C[C@H]2C3)CC1. The maximum atomic E-state index is 12.8. The zero-order chi connectivity index (χ0) is 18.8. The Morgan fingerprint density at radius 3 is 2.52 bits per heavy atom. The lowest BCUT2D eigenvalue weighted by molar-refractivity contribution is -0.138. The van der Waals surface area contributed by atoms with Gasteiger partial charge in [-0.1, -0.05) is 37.3 Å². The standard InChI is InChI=1S/C22H29N3O2/c1-2-17-5-3-4-6-20(17)23-21(26)15-24-9-11-25(12-10-24)22(27)19-14-16-7-8-18(19)13-16/h3-8,16,18-19H,2,9-15H2,1H3,(H,23,26)/t16-,18-,19-/m0/s1. The average molecular weight is 367 g/mol. The second kappa shape index (κ2) is 7.85. The fourth-order valence-electron chi connectivity index (χ4n) is 4.77. The summed E-state index contributed by atoms with van der Waals surface area (Å²) >= 11 is 0. The minimum absolute atomic E-state index is 0.0221. The van der Waals surface area contributed by atoms with Gasteiger partial charge in [-0.2, -0.15) is 0 Å². The molecule has 0 unspecified atom stereocenters. The van der Waals surface area contributed by atoms with Gasteiger partial charge in [0, 0.05) is 37.8 Å². The molecule has 4 rings (SSSR count). The van der Waals surface area contributed by atoms with Crippen LogP contribution in [-0.2, 0) is 16.0 Å². The Bertz CT molecular complexity index is 737. The molecule has 5 nitrogen and oxygen atoms in total. The van der Waals surface area contributed by atoms with E-state index in [9.17, 15) is 9.59 Å². The quantitative estimate of drug-likeness (QED) is 0.814. The zero-order valence-corrected chi connectivity index (χ0v) is 16.1. The minimum Gasteiger partial charge on any atom is -0.340 e. The van der Waals surface area contributed by atoms with Gasteiger partial charge < -0.3 is 10.2 Å². The van der Waals surface area contributed by atoms with Gasteiger partial charge in [-0.05, 0) is 42.7 Å². The molecule has 2 amide bonds. The van der Waals surface area contributed by atoms with Gasteiger partial charge >= 0.3 is 0 Å². The third-order valence-corrected chi connectivity index (χ3v) is 6.32. The maximum absolute atomic E-state index is 12.8. The number of hydrogen-bond acceptors (Lipinski definition) is 3. The van der Waals surface area contributed by atoms with E-state index < -0.39 is 0 Å². The highest BCUT2D eigenvalue weighted by Gasteiger charge is 2.41. The molecule has 0 spiro atoms. The largest absolute Gasteiger partial charge is 0.340 e. The van der Waals surface area contributed by atoms with E-state index >= 15 is 0 Å². The highest BCUT2D eigenvalue weighted by Crippen LogP contribution is 2.44. The minimum atomic E-state index is 0.0221. The molecule has 0 aromatic heterocycles. The molecule has 1 N–H and O–H groups in total. The van der Waals surface area contributed by atoms with Crippen LogP contribution in [0.3, 0.4) is 0 Å². The molecule has 27 heavy (non-hydrogen) atoms. The molecule has 2 fully saturated rings. The van der Waals surface area contributed by atoms with Crippen LogP contribution in [0.5, 0.6) is 0 Å². The Kier molecular flexibility index (Phi) is 5.30. The maximum Gasteiger partial charge on any atom is 0.238 e. The van der Waals surface area contributed by atoms with Crippen LogP contribution in [0, 0.1) is 17.8 Å². The molecule has 2 aliphatic carbocycles. The zero-order valence-electron chi connectivity index (χ0n) is 16.1. The topological polar surface area (TPSA) is 52.7 Å². The van der Waals surface area contributed by atoms with Crippen molar-refractivity contribution in [3.63, 3.8) is 0 Å². The molecule has 1 saturated heterocycles. The lowest BCUT2D eigenvalue weighted by atomic mass is 9.92. The van der Waals surface area contributed by atoms with Gasteiger partial charge in [0.15, 0.2) is 0 Å². The number of piperazine rings is 1. The smallest absolute Gasteiger partial charge is 0.238 e. The van der Waals surface area contributed by atoms with Crippen LogP contribution >= 0.6 is 0 Å². The Balaban J connectivity index is 1.25. The van der Waals surface area contributed by atoms with Gasteiger partial charge in [0.2, 0.25) is 11.8 Å². The Morgan fingerprint density at radius 2 is 1.85 bits per heavy atom. The summed E-state index contributed by atoms with van der Waals surface area (Å²) in [5, 5.41) is 3.04. The summed E-state index contributed by atoms with van der Waals surface area (Å²) in [6.07, 6.45) is 7.61. The van der Waals surface area contributed by atoms with Gasteiger partial charge in [0.25, 0.3) is 0 Å². The van der Waals surface area contributed by atoms with E-state index in [2.05, 4.69) is 29.3 Å². The predicted octanol–water partition coefficient (Wildman–Crippen LogP) is 2.54. The number of rotatable bonds is 5. The average Bonchev–Trinajstić information content (AvgIpc) is 3.32. The number of anilines is 1.